The van der Waals surface area contributed by atoms with Crippen molar-refractivity contribution < 1.29 is 8.90 Å². The van der Waals surface area contributed by atoms with Crippen LogP contribution in [0.25, 0.3) is 0 Å². The van der Waals surface area contributed by atoms with Gasteiger partial charge >= 0.3 is 5.91 Å². The SMILES string of the molecule is O=C1C=C[N+]([S-])=N1. The first kappa shape index (κ1) is 4.39. The van der Waals surface area contributed by atoms with Crippen LogP contribution < -0.4 is 0 Å². The van der Waals surface area contributed by atoms with Gasteiger partial charge in [-0.25, -0.2) is 0 Å². The minimum absolute atomic E-state index is 0.282. The van der Waals surface area contributed by atoms with E-state index in [1.807, 2.05) is 0 Å². The molecule has 1 amide bonds. The summed E-state index contributed by atoms with van der Waals surface area (Å²) >= 11 is 4.44. The molecular weight excluding hydrogens is 112 g/mol. The predicted molar refractivity (Wildman–Crippen MR) is 24.2 cm³/mol. The normalized spacial score (nSPS) is 17.7. The molecule has 1 heterocycles. The number of azo groups is 1. The minimum atomic E-state index is -0.282. The first-order valence-electron chi connectivity index (χ1n) is 1.69. The number of carbonyl (C=O) groups is 1. The molecule has 1 rings (SSSR count). The molecule has 7 heavy (non-hydrogen) atoms. The van der Waals surface area contributed by atoms with Crippen molar-refractivity contribution in [2.75, 3.05) is 0 Å². The average molecular weight is 114 g/mol. The summed E-state index contributed by atoms with van der Waals surface area (Å²) in [5.41, 5.74) is 0. The molecule has 0 atom stereocenters. The van der Waals surface area contributed by atoms with E-state index in [9.17, 15) is 4.79 Å². The van der Waals surface area contributed by atoms with Gasteiger partial charge in [-0.3, -0.25) is 4.79 Å². The lowest BCUT2D eigenvalue weighted by atomic mass is 10.6. The highest BCUT2D eigenvalue weighted by Gasteiger charge is 2.03. The lowest BCUT2D eigenvalue weighted by molar-refractivity contribution is -0.333. The highest BCUT2D eigenvalue weighted by Crippen LogP contribution is 1.90. The molecule has 0 unspecified atom stereocenters. The molecule has 36 valence electrons. The Balaban J connectivity index is 2.88. The van der Waals surface area contributed by atoms with Crippen LogP contribution in [-0.4, -0.2) is 10.0 Å². The van der Waals surface area contributed by atoms with Crippen LogP contribution in [0.2, 0.25) is 0 Å². The zero-order valence-electron chi connectivity index (χ0n) is 3.37. The Kier molecular flexibility index (Phi) is 0.867. The van der Waals surface area contributed by atoms with E-state index in [1.54, 1.807) is 0 Å². The second-order valence-electron chi connectivity index (χ2n) is 1.06. The maximum absolute atomic E-state index is 10.1. The molecule has 0 radical (unpaired) electrons. The fraction of sp³-hybridized carbons (Fsp3) is 0. The number of nitrogens with zero attached hydrogens (tertiary/aromatic N) is 2. The van der Waals surface area contributed by atoms with Gasteiger partial charge in [0, 0.05) is 5.11 Å². The van der Waals surface area contributed by atoms with Crippen molar-refractivity contribution in [1.82, 2.24) is 0 Å². The number of rotatable bonds is 0. The van der Waals surface area contributed by atoms with Crippen molar-refractivity contribution in [3.63, 3.8) is 0 Å². The van der Waals surface area contributed by atoms with E-state index in [2.05, 4.69) is 17.9 Å². The Labute approximate surface area is 45.9 Å². The standard InChI is InChI=1S/C3H2N2OS/c6-3-1-2-5(7)4-3/h1-2H. The van der Waals surface area contributed by atoms with Crippen molar-refractivity contribution in [2.45, 2.75) is 0 Å². The van der Waals surface area contributed by atoms with Crippen molar-refractivity contribution in [3.05, 3.63) is 12.3 Å². The first-order valence-corrected chi connectivity index (χ1v) is 2.06. The second kappa shape index (κ2) is 1.38. The molecule has 0 spiro atoms. The number of hydrogen-bond acceptors (Lipinski definition) is 2. The smallest absolute Gasteiger partial charge is 0.336 e. The Bertz CT molecular complexity index is 160. The summed E-state index contributed by atoms with van der Waals surface area (Å²) < 4.78 is 1.06. The predicted octanol–water partition coefficient (Wildman–Crippen LogP) is -0.0331. The van der Waals surface area contributed by atoms with Gasteiger partial charge < -0.3 is 12.8 Å². The third-order valence-corrected chi connectivity index (χ3v) is 0.745. The number of carbonyl (C=O) groups excluding carboxylic acids is 1. The van der Waals surface area contributed by atoms with Gasteiger partial charge in [-0.2, -0.15) is 4.10 Å². The summed E-state index contributed by atoms with van der Waals surface area (Å²) in [5.74, 6) is -0.282. The summed E-state index contributed by atoms with van der Waals surface area (Å²) in [4.78, 5) is 10.1. The molecule has 0 saturated carbocycles. The summed E-state index contributed by atoms with van der Waals surface area (Å²) in [5, 5.41) is 3.29. The van der Waals surface area contributed by atoms with Gasteiger partial charge in [-0.05, 0) is 0 Å². The third-order valence-electron chi connectivity index (χ3n) is 0.542. The van der Waals surface area contributed by atoms with Crippen molar-refractivity contribution >= 4 is 18.7 Å². The van der Waals surface area contributed by atoms with Crippen LogP contribution in [-0.2, 0) is 17.6 Å². The second-order valence-corrected chi connectivity index (χ2v) is 1.43. The van der Waals surface area contributed by atoms with Crippen LogP contribution in [0.5, 0.6) is 0 Å². The van der Waals surface area contributed by atoms with Gasteiger partial charge in [-0.15, -0.1) is 0 Å². The van der Waals surface area contributed by atoms with Crippen LogP contribution in [0.3, 0.4) is 0 Å². The topological polar surface area (TPSA) is 32.4 Å². The maximum atomic E-state index is 10.1. The zero-order valence-corrected chi connectivity index (χ0v) is 4.18. The first-order chi connectivity index (χ1) is 3.29. The van der Waals surface area contributed by atoms with Gasteiger partial charge in [0.1, 0.15) is 0 Å². The molecule has 0 N–H and O–H groups in total. The molecule has 1 aliphatic heterocycles. The number of amides is 1. The van der Waals surface area contributed by atoms with E-state index < -0.39 is 0 Å². The highest BCUT2D eigenvalue weighted by molar-refractivity contribution is 7.51. The quantitative estimate of drug-likeness (QED) is 0.327. The lowest BCUT2D eigenvalue weighted by Gasteiger charge is -1.80. The highest BCUT2D eigenvalue weighted by atomic mass is 32.1. The van der Waals surface area contributed by atoms with E-state index in [0.717, 1.165) is 4.10 Å². The fourth-order valence-electron chi connectivity index (χ4n) is 0.291. The van der Waals surface area contributed by atoms with Gasteiger partial charge in [-0.1, -0.05) is 0 Å². The third kappa shape index (κ3) is 0.806. The summed E-state index contributed by atoms with van der Waals surface area (Å²) in [6, 6.07) is 0. The van der Waals surface area contributed by atoms with Crippen LogP contribution in [0, 0.1) is 0 Å². The van der Waals surface area contributed by atoms with Gasteiger partial charge in [0.15, 0.2) is 6.20 Å². The van der Waals surface area contributed by atoms with Crippen LogP contribution in [0.4, 0.5) is 0 Å². The molecule has 0 aliphatic carbocycles. The van der Waals surface area contributed by atoms with Crippen LogP contribution in [0.15, 0.2) is 17.4 Å². The van der Waals surface area contributed by atoms with Gasteiger partial charge in [0.2, 0.25) is 0 Å². The van der Waals surface area contributed by atoms with Crippen LogP contribution in [0.1, 0.15) is 0 Å². The Morgan fingerprint density at radius 2 is 2.57 bits per heavy atom. The van der Waals surface area contributed by atoms with E-state index in [0.29, 0.717) is 0 Å². The van der Waals surface area contributed by atoms with E-state index in [1.165, 1.54) is 12.3 Å². The molecule has 0 aromatic rings. The Morgan fingerprint density at radius 1 is 1.86 bits per heavy atom. The Morgan fingerprint density at radius 3 is 2.71 bits per heavy atom. The van der Waals surface area contributed by atoms with Crippen molar-refractivity contribution in [3.8, 4) is 0 Å². The van der Waals surface area contributed by atoms with Crippen molar-refractivity contribution in [2.24, 2.45) is 5.11 Å². The summed E-state index contributed by atoms with van der Waals surface area (Å²) in [6.07, 6.45) is 2.74. The molecule has 1 aliphatic rings. The van der Waals surface area contributed by atoms with E-state index in [4.69, 9.17) is 0 Å². The van der Waals surface area contributed by atoms with Gasteiger partial charge in [0.25, 0.3) is 0 Å². The summed E-state index contributed by atoms with van der Waals surface area (Å²) in [7, 11) is 0. The van der Waals surface area contributed by atoms with Crippen LogP contribution >= 0.6 is 0 Å². The fourth-order valence-corrected chi connectivity index (χ4v) is 0.433. The van der Waals surface area contributed by atoms with Crippen molar-refractivity contribution in [1.29, 1.82) is 0 Å². The molecule has 4 heteroatoms. The van der Waals surface area contributed by atoms with E-state index >= 15 is 0 Å². The number of hydrogen-bond donors (Lipinski definition) is 0. The molecule has 0 saturated heterocycles. The monoisotopic (exact) mass is 114 g/mol. The van der Waals surface area contributed by atoms with E-state index in [-0.39, 0.29) is 5.91 Å². The maximum Gasteiger partial charge on any atom is 0.336 e. The average Bonchev–Trinajstić information content (AvgIpc) is 1.87. The lowest BCUT2D eigenvalue weighted by Crippen LogP contribution is -1.83. The molecular formula is C3H2N2OS. The zero-order chi connectivity index (χ0) is 5.28. The molecule has 0 aromatic heterocycles. The largest absolute Gasteiger partial charge is 0.393 e. The summed E-state index contributed by atoms with van der Waals surface area (Å²) in [6.45, 7) is 0. The molecule has 0 bridgehead atoms. The molecule has 3 nitrogen and oxygen atoms in total. The Hall–Kier alpha value is -0.770. The van der Waals surface area contributed by atoms with Gasteiger partial charge in [0.05, 0.1) is 6.08 Å². The minimum Gasteiger partial charge on any atom is -0.393 e. The molecule has 0 fully saturated rings. The molecule has 0 aromatic carbocycles.